The van der Waals surface area contributed by atoms with Gasteiger partial charge in [-0.25, -0.2) is 4.98 Å². The van der Waals surface area contributed by atoms with Crippen molar-refractivity contribution in [3.05, 3.63) is 71.5 Å². The first-order chi connectivity index (χ1) is 16.5. The maximum Gasteiger partial charge on any atom is 0.251 e. The van der Waals surface area contributed by atoms with Gasteiger partial charge in [0, 0.05) is 29.8 Å². The molecule has 0 fully saturated rings. The molecule has 8 nitrogen and oxygen atoms in total. The van der Waals surface area contributed by atoms with Gasteiger partial charge in [0.05, 0.1) is 45.2 Å². The molecule has 0 aliphatic rings. The summed E-state index contributed by atoms with van der Waals surface area (Å²) in [5.74, 6) is 2.92. The second-order valence-electron chi connectivity index (χ2n) is 7.58. The van der Waals surface area contributed by atoms with Crippen LogP contribution >= 0.6 is 0 Å². The lowest BCUT2D eigenvalue weighted by Gasteiger charge is -2.15. The monoisotopic (exact) mass is 461 g/mol. The smallest absolute Gasteiger partial charge is 0.251 e. The van der Waals surface area contributed by atoms with Gasteiger partial charge in [-0.15, -0.1) is 0 Å². The molecular weight excluding hydrogens is 434 g/mol. The number of aryl methyl sites for hydroxylation is 1. The largest absolute Gasteiger partial charge is 0.496 e. The summed E-state index contributed by atoms with van der Waals surface area (Å²) in [4.78, 5) is 17.5. The number of carbonyl (C=O) groups excluding carboxylic acids is 1. The van der Waals surface area contributed by atoms with E-state index in [4.69, 9.17) is 18.9 Å². The molecule has 0 unspecified atom stereocenters. The van der Waals surface area contributed by atoms with E-state index < -0.39 is 0 Å². The van der Waals surface area contributed by atoms with Crippen LogP contribution in [0.3, 0.4) is 0 Å². The third kappa shape index (κ3) is 4.22. The van der Waals surface area contributed by atoms with Crippen molar-refractivity contribution in [2.75, 3.05) is 28.4 Å². The topological polar surface area (TPSA) is 83.8 Å². The molecule has 1 aromatic heterocycles. The number of imidazole rings is 1. The second-order valence-corrected chi connectivity index (χ2v) is 7.58. The molecule has 1 heterocycles. The summed E-state index contributed by atoms with van der Waals surface area (Å²) in [6.07, 6.45) is 0. The fraction of sp³-hybridized carbons (Fsp3) is 0.231. The zero-order chi connectivity index (χ0) is 24.2. The number of carbonyl (C=O) groups is 1. The Balaban J connectivity index is 1.66. The molecular formula is C26H27N3O5. The lowest BCUT2D eigenvalue weighted by Crippen LogP contribution is -2.23. The molecule has 176 valence electrons. The highest BCUT2D eigenvalue weighted by atomic mass is 16.5. The molecule has 0 saturated carbocycles. The van der Waals surface area contributed by atoms with Gasteiger partial charge in [0.15, 0.2) is 11.5 Å². The van der Waals surface area contributed by atoms with Gasteiger partial charge < -0.3 is 24.3 Å². The lowest BCUT2D eigenvalue weighted by atomic mass is 10.1. The summed E-state index contributed by atoms with van der Waals surface area (Å²) in [5, 5.41) is 2.95. The first-order valence-corrected chi connectivity index (χ1v) is 10.7. The molecule has 8 heteroatoms. The normalized spacial score (nSPS) is 10.7. The quantitative estimate of drug-likeness (QED) is 0.421. The van der Waals surface area contributed by atoms with Crippen molar-refractivity contribution in [1.29, 1.82) is 0 Å². The Morgan fingerprint density at radius 3 is 2.21 bits per heavy atom. The van der Waals surface area contributed by atoms with Crippen molar-refractivity contribution in [1.82, 2.24) is 14.9 Å². The molecule has 0 saturated heterocycles. The van der Waals surface area contributed by atoms with Crippen LogP contribution in [-0.2, 0) is 6.54 Å². The molecule has 0 spiro atoms. The van der Waals surface area contributed by atoms with E-state index in [0.29, 0.717) is 34.9 Å². The van der Waals surface area contributed by atoms with Crippen LogP contribution in [0.2, 0.25) is 0 Å². The molecule has 0 aliphatic carbocycles. The number of aromatic nitrogens is 2. The first kappa shape index (κ1) is 23.0. The fourth-order valence-electron chi connectivity index (χ4n) is 3.99. The highest BCUT2D eigenvalue weighted by Crippen LogP contribution is 2.40. The number of fused-ring (bicyclic) bond motifs is 1. The fourth-order valence-corrected chi connectivity index (χ4v) is 3.99. The van der Waals surface area contributed by atoms with Gasteiger partial charge in [0.25, 0.3) is 5.91 Å². The Labute approximate surface area is 198 Å². The van der Waals surface area contributed by atoms with Crippen LogP contribution in [0.4, 0.5) is 0 Å². The van der Waals surface area contributed by atoms with Crippen molar-refractivity contribution in [2.24, 2.45) is 0 Å². The van der Waals surface area contributed by atoms with E-state index in [-0.39, 0.29) is 5.91 Å². The standard InChI is InChI=1S/C26H27N3O5/c1-16-28-20-12-17(26(30)27-15-18-8-6-7-9-22(18)31-2)10-11-21(20)29(16)19-13-23(32-3)25(34-5)24(14-19)33-4/h6-14H,15H2,1-5H3,(H,27,30). The third-order valence-electron chi connectivity index (χ3n) is 5.62. The van der Waals surface area contributed by atoms with E-state index in [2.05, 4.69) is 10.3 Å². The van der Waals surface area contributed by atoms with Crippen LogP contribution in [0.15, 0.2) is 54.6 Å². The zero-order valence-corrected chi connectivity index (χ0v) is 19.8. The van der Waals surface area contributed by atoms with Crippen LogP contribution < -0.4 is 24.3 Å². The minimum Gasteiger partial charge on any atom is -0.496 e. The van der Waals surface area contributed by atoms with E-state index in [0.717, 1.165) is 28.3 Å². The van der Waals surface area contributed by atoms with Gasteiger partial charge in [-0.3, -0.25) is 9.36 Å². The number of benzene rings is 3. The predicted octanol–water partition coefficient (Wildman–Crippen LogP) is 4.30. The second kappa shape index (κ2) is 9.74. The summed E-state index contributed by atoms with van der Waals surface area (Å²) >= 11 is 0. The van der Waals surface area contributed by atoms with Gasteiger partial charge in [0.2, 0.25) is 5.75 Å². The molecule has 0 atom stereocenters. The van der Waals surface area contributed by atoms with Crippen LogP contribution in [0.5, 0.6) is 23.0 Å². The van der Waals surface area contributed by atoms with Gasteiger partial charge >= 0.3 is 0 Å². The minimum atomic E-state index is -0.187. The zero-order valence-electron chi connectivity index (χ0n) is 19.8. The van der Waals surface area contributed by atoms with Gasteiger partial charge in [0.1, 0.15) is 11.6 Å². The van der Waals surface area contributed by atoms with Crippen LogP contribution in [0.25, 0.3) is 16.7 Å². The molecule has 34 heavy (non-hydrogen) atoms. The molecule has 0 radical (unpaired) electrons. The van der Waals surface area contributed by atoms with Gasteiger partial charge in [-0.1, -0.05) is 18.2 Å². The third-order valence-corrected chi connectivity index (χ3v) is 5.62. The molecule has 1 N–H and O–H groups in total. The first-order valence-electron chi connectivity index (χ1n) is 10.7. The van der Waals surface area contributed by atoms with Crippen LogP contribution in [0.1, 0.15) is 21.7 Å². The van der Waals surface area contributed by atoms with E-state index in [1.165, 1.54) is 0 Å². The molecule has 1 amide bonds. The summed E-state index contributed by atoms with van der Waals surface area (Å²) in [7, 11) is 6.34. The number of nitrogens with zero attached hydrogens (tertiary/aromatic N) is 2. The number of hydrogen-bond acceptors (Lipinski definition) is 6. The highest BCUT2D eigenvalue weighted by Gasteiger charge is 2.18. The van der Waals surface area contributed by atoms with E-state index in [1.807, 2.05) is 54.0 Å². The number of ether oxygens (including phenoxy) is 4. The summed E-state index contributed by atoms with van der Waals surface area (Å²) < 4.78 is 23.8. The molecule has 0 bridgehead atoms. The number of para-hydroxylation sites is 1. The average molecular weight is 462 g/mol. The molecule has 3 aromatic carbocycles. The number of amides is 1. The summed E-state index contributed by atoms with van der Waals surface area (Å²) in [6, 6.07) is 16.8. The van der Waals surface area contributed by atoms with E-state index in [1.54, 1.807) is 40.6 Å². The van der Waals surface area contributed by atoms with Crippen LogP contribution in [0, 0.1) is 6.92 Å². The Morgan fingerprint density at radius 1 is 0.882 bits per heavy atom. The van der Waals surface area contributed by atoms with E-state index in [9.17, 15) is 4.79 Å². The summed E-state index contributed by atoms with van der Waals surface area (Å²) in [6.45, 7) is 2.27. The van der Waals surface area contributed by atoms with Crippen molar-refractivity contribution in [3.8, 4) is 28.7 Å². The SMILES string of the molecule is COc1ccccc1CNC(=O)c1ccc2c(c1)nc(C)n2-c1cc(OC)c(OC)c(OC)c1. The maximum absolute atomic E-state index is 12.8. The predicted molar refractivity (Wildman–Crippen MR) is 130 cm³/mol. The molecule has 4 rings (SSSR count). The Bertz CT molecular complexity index is 1320. The number of methoxy groups -OCH3 is 4. The van der Waals surface area contributed by atoms with Crippen molar-refractivity contribution < 1.29 is 23.7 Å². The maximum atomic E-state index is 12.8. The lowest BCUT2D eigenvalue weighted by molar-refractivity contribution is 0.0951. The minimum absolute atomic E-state index is 0.187. The number of rotatable bonds is 8. The van der Waals surface area contributed by atoms with Gasteiger partial charge in [-0.05, 0) is 31.2 Å². The van der Waals surface area contributed by atoms with Gasteiger partial charge in [-0.2, -0.15) is 0 Å². The number of nitrogens with one attached hydrogen (secondary N) is 1. The van der Waals surface area contributed by atoms with Crippen LogP contribution in [-0.4, -0.2) is 43.9 Å². The molecule has 4 aromatic rings. The Hall–Kier alpha value is -4.20. The molecule has 0 aliphatic heterocycles. The van der Waals surface area contributed by atoms with Crippen molar-refractivity contribution >= 4 is 16.9 Å². The highest BCUT2D eigenvalue weighted by molar-refractivity contribution is 5.97. The van der Waals surface area contributed by atoms with Crippen molar-refractivity contribution in [3.63, 3.8) is 0 Å². The average Bonchev–Trinajstić information content (AvgIpc) is 3.21. The van der Waals surface area contributed by atoms with E-state index >= 15 is 0 Å². The summed E-state index contributed by atoms with van der Waals surface area (Å²) in [5.41, 5.74) is 3.80. The Morgan fingerprint density at radius 2 is 1.56 bits per heavy atom. The number of hydrogen-bond donors (Lipinski definition) is 1. The van der Waals surface area contributed by atoms with Crippen molar-refractivity contribution in [2.45, 2.75) is 13.5 Å². The Kier molecular flexibility index (Phi) is 6.58.